The Morgan fingerprint density at radius 1 is 1.25 bits per heavy atom. The molecule has 0 unspecified atom stereocenters. The van der Waals surface area contributed by atoms with Crippen LogP contribution in [0.4, 0.5) is 5.88 Å². The summed E-state index contributed by atoms with van der Waals surface area (Å²) in [6.45, 7) is 3.23. The molecule has 0 spiro atoms. The van der Waals surface area contributed by atoms with E-state index in [-0.39, 0.29) is 10.5 Å². The van der Waals surface area contributed by atoms with E-state index in [1.807, 2.05) is 0 Å². The molecule has 0 fully saturated rings. The van der Waals surface area contributed by atoms with E-state index >= 15 is 0 Å². The van der Waals surface area contributed by atoms with E-state index in [1.54, 1.807) is 26.0 Å². The Labute approximate surface area is 141 Å². The van der Waals surface area contributed by atoms with Gasteiger partial charge in [-0.05, 0) is 57.7 Å². The van der Waals surface area contributed by atoms with Crippen molar-refractivity contribution >= 4 is 21.6 Å². The SMILES string of the molecule is CC(C)S(=O)(=O)c1cccc(C(=O)Nc2onc3c2CCCC3)c1. The van der Waals surface area contributed by atoms with Gasteiger partial charge in [-0.15, -0.1) is 0 Å². The van der Waals surface area contributed by atoms with Crippen molar-refractivity contribution in [3.8, 4) is 0 Å². The number of carbonyl (C=O) groups excluding carboxylic acids is 1. The summed E-state index contributed by atoms with van der Waals surface area (Å²) in [6, 6.07) is 6.05. The summed E-state index contributed by atoms with van der Waals surface area (Å²) in [7, 11) is -3.43. The lowest BCUT2D eigenvalue weighted by molar-refractivity contribution is 0.102. The van der Waals surface area contributed by atoms with Crippen LogP contribution in [0.15, 0.2) is 33.7 Å². The zero-order valence-corrected chi connectivity index (χ0v) is 14.5. The van der Waals surface area contributed by atoms with Gasteiger partial charge in [0.2, 0.25) is 5.88 Å². The molecular formula is C17H20N2O4S. The lowest BCUT2D eigenvalue weighted by atomic mass is 9.97. The predicted molar refractivity (Wildman–Crippen MR) is 89.9 cm³/mol. The van der Waals surface area contributed by atoms with Crippen LogP contribution in [0.2, 0.25) is 0 Å². The van der Waals surface area contributed by atoms with E-state index in [4.69, 9.17) is 4.52 Å². The van der Waals surface area contributed by atoms with Gasteiger partial charge in [0.15, 0.2) is 9.84 Å². The Morgan fingerprint density at radius 2 is 2.00 bits per heavy atom. The predicted octanol–water partition coefficient (Wildman–Crippen LogP) is 2.99. The van der Waals surface area contributed by atoms with Crippen molar-refractivity contribution in [2.75, 3.05) is 5.32 Å². The van der Waals surface area contributed by atoms with Crippen LogP contribution < -0.4 is 5.32 Å². The molecule has 1 amide bonds. The van der Waals surface area contributed by atoms with Gasteiger partial charge < -0.3 is 4.52 Å². The van der Waals surface area contributed by atoms with Gasteiger partial charge in [0.25, 0.3) is 5.91 Å². The first-order valence-electron chi connectivity index (χ1n) is 8.02. The number of aromatic nitrogens is 1. The third-order valence-corrected chi connectivity index (χ3v) is 6.38. The fraction of sp³-hybridized carbons (Fsp3) is 0.412. The van der Waals surface area contributed by atoms with Crippen molar-refractivity contribution in [2.45, 2.75) is 49.7 Å². The van der Waals surface area contributed by atoms with Crippen LogP contribution in [-0.4, -0.2) is 24.7 Å². The molecule has 0 radical (unpaired) electrons. The number of nitrogens with zero attached hydrogens (tertiary/aromatic N) is 1. The highest BCUT2D eigenvalue weighted by molar-refractivity contribution is 7.92. The smallest absolute Gasteiger partial charge is 0.258 e. The minimum absolute atomic E-state index is 0.143. The quantitative estimate of drug-likeness (QED) is 0.917. The number of sulfone groups is 1. The maximum atomic E-state index is 12.5. The molecule has 0 saturated heterocycles. The first kappa shape index (κ1) is 16.7. The molecule has 0 bridgehead atoms. The van der Waals surface area contributed by atoms with Gasteiger partial charge in [0.1, 0.15) is 0 Å². The Balaban J connectivity index is 1.85. The third-order valence-electron chi connectivity index (χ3n) is 4.23. The van der Waals surface area contributed by atoms with E-state index in [9.17, 15) is 13.2 Å². The maximum absolute atomic E-state index is 12.5. The highest BCUT2D eigenvalue weighted by atomic mass is 32.2. The molecule has 1 N–H and O–H groups in total. The number of rotatable bonds is 4. The molecule has 0 aliphatic heterocycles. The van der Waals surface area contributed by atoms with Crippen molar-refractivity contribution in [1.82, 2.24) is 5.16 Å². The summed E-state index contributed by atoms with van der Waals surface area (Å²) in [4.78, 5) is 12.6. The first-order chi connectivity index (χ1) is 11.4. The van der Waals surface area contributed by atoms with Gasteiger partial charge in [0, 0.05) is 11.1 Å². The minimum atomic E-state index is -3.43. The molecule has 1 heterocycles. The minimum Gasteiger partial charge on any atom is -0.338 e. The highest BCUT2D eigenvalue weighted by Crippen LogP contribution is 2.28. The molecular weight excluding hydrogens is 328 g/mol. The summed E-state index contributed by atoms with van der Waals surface area (Å²) in [6.07, 6.45) is 3.80. The van der Waals surface area contributed by atoms with Gasteiger partial charge in [-0.1, -0.05) is 11.2 Å². The summed E-state index contributed by atoms with van der Waals surface area (Å²) in [5, 5.41) is 6.16. The third kappa shape index (κ3) is 3.08. The number of fused-ring (bicyclic) bond motifs is 1. The molecule has 0 atom stereocenters. The van der Waals surface area contributed by atoms with Gasteiger partial charge in [-0.2, -0.15) is 0 Å². The lowest BCUT2D eigenvalue weighted by Gasteiger charge is -2.11. The molecule has 2 aromatic rings. The molecule has 7 heteroatoms. The highest BCUT2D eigenvalue weighted by Gasteiger charge is 2.23. The van der Waals surface area contributed by atoms with Gasteiger partial charge in [-0.25, -0.2) is 8.42 Å². The molecule has 3 rings (SSSR count). The van der Waals surface area contributed by atoms with Gasteiger partial charge >= 0.3 is 0 Å². The molecule has 1 aromatic heterocycles. The number of aryl methyl sites for hydroxylation is 1. The van der Waals surface area contributed by atoms with Crippen molar-refractivity contribution in [2.24, 2.45) is 0 Å². The van der Waals surface area contributed by atoms with E-state index < -0.39 is 21.0 Å². The molecule has 1 aliphatic carbocycles. The van der Waals surface area contributed by atoms with E-state index in [2.05, 4.69) is 10.5 Å². The monoisotopic (exact) mass is 348 g/mol. The molecule has 6 nitrogen and oxygen atoms in total. The number of hydrogen-bond donors (Lipinski definition) is 1. The zero-order chi connectivity index (χ0) is 17.3. The summed E-state index contributed by atoms with van der Waals surface area (Å²) >= 11 is 0. The molecule has 1 aromatic carbocycles. The number of benzene rings is 1. The second-order valence-corrected chi connectivity index (χ2v) is 8.72. The molecule has 1 aliphatic rings. The Kier molecular flexibility index (Phi) is 4.45. The van der Waals surface area contributed by atoms with E-state index in [0.29, 0.717) is 5.88 Å². The van der Waals surface area contributed by atoms with Crippen LogP contribution in [0, 0.1) is 0 Å². The standard InChI is InChI=1S/C17H20N2O4S/c1-11(2)24(21,22)13-7-5-6-12(10-13)16(20)18-17-14-8-3-4-9-15(14)19-23-17/h5-7,10-11H,3-4,8-9H2,1-2H3,(H,18,20). The van der Waals surface area contributed by atoms with Crippen LogP contribution in [0.3, 0.4) is 0 Å². The van der Waals surface area contributed by atoms with Gasteiger partial charge in [-0.3, -0.25) is 10.1 Å². The maximum Gasteiger partial charge on any atom is 0.258 e. The number of amides is 1. The summed E-state index contributed by atoms with van der Waals surface area (Å²) < 4.78 is 29.8. The normalized spacial score (nSPS) is 14.5. The molecule has 0 saturated carbocycles. The number of carbonyl (C=O) groups is 1. The lowest BCUT2D eigenvalue weighted by Crippen LogP contribution is -2.17. The molecule has 24 heavy (non-hydrogen) atoms. The van der Waals surface area contributed by atoms with Crippen molar-refractivity contribution in [3.63, 3.8) is 0 Å². The average molecular weight is 348 g/mol. The summed E-state index contributed by atoms with van der Waals surface area (Å²) in [5.41, 5.74) is 2.12. The second kappa shape index (κ2) is 6.39. The van der Waals surface area contributed by atoms with Crippen LogP contribution >= 0.6 is 0 Å². The van der Waals surface area contributed by atoms with E-state index in [1.165, 1.54) is 12.1 Å². The summed E-state index contributed by atoms with van der Waals surface area (Å²) in [5.74, 6) is -0.0350. The average Bonchev–Trinajstić information content (AvgIpc) is 2.98. The van der Waals surface area contributed by atoms with Crippen molar-refractivity contribution in [1.29, 1.82) is 0 Å². The number of nitrogens with one attached hydrogen (secondary N) is 1. The van der Waals surface area contributed by atoms with Gasteiger partial charge in [0.05, 0.1) is 15.8 Å². The second-order valence-electron chi connectivity index (χ2n) is 6.22. The van der Waals surface area contributed by atoms with Crippen LogP contribution in [-0.2, 0) is 22.7 Å². The number of anilines is 1. The van der Waals surface area contributed by atoms with Crippen LogP contribution in [0.1, 0.15) is 48.3 Å². The number of hydrogen-bond acceptors (Lipinski definition) is 5. The zero-order valence-electron chi connectivity index (χ0n) is 13.7. The largest absolute Gasteiger partial charge is 0.338 e. The molecule has 128 valence electrons. The topological polar surface area (TPSA) is 89.3 Å². The Morgan fingerprint density at radius 3 is 2.75 bits per heavy atom. The Bertz CT molecular complexity index is 868. The van der Waals surface area contributed by atoms with Crippen molar-refractivity contribution in [3.05, 3.63) is 41.1 Å². The van der Waals surface area contributed by atoms with Crippen molar-refractivity contribution < 1.29 is 17.7 Å². The fourth-order valence-corrected chi connectivity index (χ4v) is 3.85. The van der Waals surface area contributed by atoms with E-state index in [0.717, 1.165) is 36.9 Å². The van der Waals surface area contributed by atoms with Crippen LogP contribution in [0.25, 0.3) is 0 Å². The van der Waals surface area contributed by atoms with Crippen LogP contribution in [0.5, 0.6) is 0 Å². The Hall–Kier alpha value is -2.15. The first-order valence-corrected chi connectivity index (χ1v) is 9.57. The fourth-order valence-electron chi connectivity index (χ4n) is 2.75.